The van der Waals surface area contributed by atoms with Gasteiger partial charge in [-0.25, -0.2) is 4.98 Å². The molecule has 3 heterocycles. The van der Waals surface area contributed by atoms with Crippen molar-refractivity contribution in [2.45, 2.75) is 64.5 Å². The van der Waals surface area contributed by atoms with Crippen LogP contribution >= 0.6 is 0 Å². The first-order valence-electron chi connectivity index (χ1n) is 14.3. The number of piperazine rings is 1. The Kier molecular flexibility index (Phi) is 8.50. The molecule has 2 N–H and O–H groups in total. The van der Waals surface area contributed by atoms with Gasteiger partial charge in [0.2, 0.25) is 18.3 Å². The van der Waals surface area contributed by atoms with Gasteiger partial charge in [-0.3, -0.25) is 19.4 Å². The van der Waals surface area contributed by atoms with Crippen molar-refractivity contribution in [2.75, 3.05) is 55.0 Å². The zero-order valence-corrected chi connectivity index (χ0v) is 23.4. The number of hydrogen-bond acceptors (Lipinski definition) is 8. The molecule has 39 heavy (non-hydrogen) atoms. The monoisotopic (exact) mass is 535 g/mol. The Bertz CT molecular complexity index is 1160. The van der Waals surface area contributed by atoms with E-state index in [0.717, 1.165) is 87.4 Å². The molecule has 3 aliphatic rings. The smallest absolute Gasteiger partial charge is 0.229 e. The van der Waals surface area contributed by atoms with Gasteiger partial charge in [0, 0.05) is 74.2 Å². The second kappa shape index (κ2) is 12.2. The van der Waals surface area contributed by atoms with Gasteiger partial charge in [0.05, 0.1) is 12.8 Å². The van der Waals surface area contributed by atoms with Crippen molar-refractivity contribution in [3.05, 3.63) is 30.0 Å². The van der Waals surface area contributed by atoms with E-state index in [1.165, 1.54) is 0 Å². The average Bonchev–Trinajstić information content (AvgIpc) is 3.62. The molecule has 2 aromatic rings. The van der Waals surface area contributed by atoms with Crippen LogP contribution in [0.3, 0.4) is 0 Å². The van der Waals surface area contributed by atoms with Crippen LogP contribution in [-0.4, -0.2) is 79.1 Å². The molecule has 10 nitrogen and oxygen atoms in total. The first-order chi connectivity index (χ1) is 19.0. The minimum atomic E-state index is -0.123. The number of methoxy groups -OCH3 is 1. The Morgan fingerprint density at radius 1 is 1.18 bits per heavy atom. The quantitative estimate of drug-likeness (QED) is 0.447. The summed E-state index contributed by atoms with van der Waals surface area (Å²) in [5.41, 5.74) is 2.71. The lowest BCUT2D eigenvalue weighted by atomic mass is 9.99. The van der Waals surface area contributed by atoms with Gasteiger partial charge in [-0.05, 0) is 51.7 Å². The Hall–Kier alpha value is -3.40. The summed E-state index contributed by atoms with van der Waals surface area (Å²) < 4.78 is 5.77. The van der Waals surface area contributed by atoms with Gasteiger partial charge in [-0.2, -0.15) is 4.98 Å². The van der Waals surface area contributed by atoms with Crippen LogP contribution in [0.4, 0.5) is 23.1 Å². The number of rotatable bonds is 10. The largest absolute Gasteiger partial charge is 0.495 e. The Balaban J connectivity index is 1.37. The molecule has 1 aliphatic carbocycles. The summed E-state index contributed by atoms with van der Waals surface area (Å²) in [5.74, 6) is 1.74. The van der Waals surface area contributed by atoms with E-state index in [4.69, 9.17) is 9.72 Å². The van der Waals surface area contributed by atoms with E-state index >= 15 is 0 Å². The Morgan fingerprint density at radius 2 is 1.95 bits per heavy atom. The van der Waals surface area contributed by atoms with E-state index in [1.54, 1.807) is 18.2 Å². The number of nitrogens with one attached hydrogen (secondary N) is 2. The van der Waals surface area contributed by atoms with Crippen LogP contribution in [0.1, 0.15) is 51.5 Å². The third-order valence-corrected chi connectivity index (χ3v) is 8.37. The lowest BCUT2D eigenvalue weighted by molar-refractivity contribution is -0.122. The van der Waals surface area contributed by atoms with Crippen LogP contribution < -0.4 is 25.2 Å². The predicted molar refractivity (Wildman–Crippen MR) is 153 cm³/mol. The number of carbonyl (C=O) groups excluding carboxylic acids is 2. The lowest BCUT2D eigenvalue weighted by Crippen LogP contribution is -2.49. The molecule has 2 aliphatic heterocycles. The molecule has 5 rings (SSSR count). The molecule has 210 valence electrons. The van der Waals surface area contributed by atoms with E-state index < -0.39 is 0 Å². The molecule has 0 bridgehead atoms. The van der Waals surface area contributed by atoms with Gasteiger partial charge in [-0.15, -0.1) is 0 Å². The van der Waals surface area contributed by atoms with Gasteiger partial charge in [0.1, 0.15) is 11.6 Å². The van der Waals surface area contributed by atoms with Gasteiger partial charge < -0.3 is 20.3 Å². The summed E-state index contributed by atoms with van der Waals surface area (Å²) in [6.07, 6.45) is 8.07. The molecule has 1 aromatic carbocycles. The predicted octanol–water partition coefficient (Wildman–Crippen LogP) is 3.34. The summed E-state index contributed by atoms with van der Waals surface area (Å²) in [5, 5.41) is 6.22. The number of hydrogen-bond donors (Lipinski definition) is 2. The van der Waals surface area contributed by atoms with Crippen LogP contribution in [0, 0.1) is 5.92 Å². The fourth-order valence-corrected chi connectivity index (χ4v) is 6.05. The zero-order chi connectivity index (χ0) is 27.4. The SMILES string of the molecule is COc1cc(Nc2ncc(C[C@@H]3CCNC3=O)c(N(C=O)C3CCCC3)n2)ccc1N1CCN(C(C)C)CC1. The van der Waals surface area contributed by atoms with Crippen molar-refractivity contribution in [1.82, 2.24) is 20.2 Å². The molecule has 0 spiro atoms. The summed E-state index contributed by atoms with van der Waals surface area (Å²) in [4.78, 5) is 40.6. The molecule has 1 aromatic heterocycles. The van der Waals surface area contributed by atoms with E-state index in [0.29, 0.717) is 30.8 Å². The molecular formula is C29H41N7O3. The fourth-order valence-electron chi connectivity index (χ4n) is 6.05. The first-order valence-corrected chi connectivity index (χ1v) is 14.3. The zero-order valence-electron chi connectivity index (χ0n) is 23.4. The van der Waals surface area contributed by atoms with Crippen molar-refractivity contribution >= 4 is 35.5 Å². The van der Waals surface area contributed by atoms with Crippen molar-refractivity contribution in [1.29, 1.82) is 0 Å². The van der Waals surface area contributed by atoms with Crippen molar-refractivity contribution in [3.8, 4) is 5.75 Å². The number of ether oxygens (including phenoxy) is 1. The molecule has 2 amide bonds. The molecule has 10 heteroatoms. The lowest BCUT2D eigenvalue weighted by Gasteiger charge is -2.38. The highest BCUT2D eigenvalue weighted by atomic mass is 16.5. The summed E-state index contributed by atoms with van der Waals surface area (Å²) in [6.45, 7) is 9.13. The highest BCUT2D eigenvalue weighted by Gasteiger charge is 2.30. The topological polar surface area (TPSA) is 103 Å². The van der Waals surface area contributed by atoms with Crippen molar-refractivity contribution in [3.63, 3.8) is 0 Å². The molecule has 2 saturated heterocycles. The van der Waals surface area contributed by atoms with Crippen LogP contribution in [0.25, 0.3) is 0 Å². The second-order valence-electron chi connectivity index (χ2n) is 11.1. The highest BCUT2D eigenvalue weighted by Crippen LogP contribution is 2.34. The Morgan fingerprint density at radius 3 is 2.59 bits per heavy atom. The normalized spacial score (nSPS) is 20.4. The molecular weight excluding hydrogens is 494 g/mol. The number of nitrogens with zero attached hydrogens (tertiary/aromatic N) is 5. The van der Waals surface area contributed by atoms with Gasteiger partial charge in [0.15, 0.2) is 0 Å². The maximum atomic E-state index is 12.3. The average molecular weight is 536 g/mol. The van der Waals surface area contributed by atoms with Gasteiger partial charge in [-0.1, -0.05) is 12.8 Å². The fraction of sp³-hybridized carbons (Fsp3) is 0.586. The molecule has 3 fully saturated rings. The molecule has 1 atom stereocenters. The standard InChI is InChI=1S/C29H41N7O3/c1-20(2)34-12-14-35(15-13-34)25-9-8-23(17-26(25)39-3)32-29-31-18-22(16-21-10-11-30-28(21)38)27(33-29)36(19-37)24-6-4-5-7-24/h8-9,17-21,24H,4-7,10-16H2,1-3H3,(H,30,38)(H,31,32,33)/t21-/m0/s1. The third kappa shape index (κ3) is 6.11. The van der Waals surface area contributed by atoms with E-state index in [2.05, 4.69) is 45.3 Å². The van der Waals surface area contributed by atoms with Crippen LogP contribution in [0.5, 0.6) is 5.75 Å². The van der Waals surface area contributed by atoms with E-state index in [1.807, 2.05) is 12.1 Å². The minimum absolute atomic E-state index is 0.0551. The summed E-state index contributed by atoms with van der Waals surface area (Å²) >= 11 is 0. The Labute approximate surface area is 231 Å². The summed E-state index contributed by atoms with van der Waals surface area (Å²) in [6, 6.07) is 6.74. The second-order valence-corrected chi connectivity index (χ2v) is 11.1. The number of amides is 2. The maximum absolute atomic E-state index is 12.3. The number of carbonyl (C=O) groups is 2. The first kappa shape index (κ1) is 27.2. The van der Waals surface area contributed by atoms with Crippen LogP contribution in [0.2, 0.25) is 0 Å². The van der Waals surface area contributed by atoms with Crippen molar-refractivity contribution < 1.29 is 14.3 Å². The van der Waals surface area contributed by atoms with E-state index in [-0.39, 0.29) is 17.9 Å². The van der Waals surface area contributed by atoms with Crippen LogP contribution in [-0.2, 0) is 16.0 Å². The summed E-state index contributed by atoms with van der Waals surface area (Å²) in [7, 11) is 1.69. The van der Waals surface area contributed by atoms with Gasteiger partial charge >= 0.3 is 0 Å². The maximum Gasteiger partial charge on any atom is 0.229 e. The molecule has 1 saturated carbocycles. The molecule has 0 unspecified atom stereocenters. The molecule has 0 radical (unpaired) electrons. The van der Waals surface area contributed by atoms with Crippen molar-refractivity contribution in [2.24, 2.45) is 5.92 Å². The third-order valence-electron chi connectivity index (χ3n) is 8.37. The van der Waals surface area contributed by atoms with E-state index in [9.17, 15) is 9.59 Å². The number of aromatic nitrogens is 2. The van der Waals surface area contributed by atoms with Crippen LogP contribution in [0.15, 0.2) is 24.4 Å². The van der Waals surface area contributed by atoms with Gasteiger partial charge in [0.25, 0.3) is 0 Å². The number of anilines is 4. The minimum Gasteiger partial charge on any atom is -0.495 e. The number of benzene rings is 1. The highest BCUT2D eigenvalue weighted by molar-refractivity contribution is 5.82.